The Labute approximate surface area is 146 Å². The molecule has 2 N–H and O–H groups in total. The summed E-state index contributed by atoms with van der Waals surface area (Å²) in [5.74, 6) is -0.978. The molecule has 0 aliphatic heterocycles. The summed E-state index contributed by atoms with van der Waals surface area (Å²) in [6.45, 7) is 1.79. The largest absolute Gasteiger partial charge is 0.477 e. The number of carboxylic acid groups (broad SMARTS) is 1. The predicted octanol–water partition coefficient (Wildman–Crippen LogP) is 1.27. The summed E-state index contributed by atoms with van der Waals surface area (Å²) < 4.78 is 1.26. The highest BCUT2D eigenvalue weighted by Crippen LogP contribution is 2.25. The van der Waals surface area contributed by atoms with Crippen molar-refractivity contribution < 1.29 is 14.7 Å². The van der Waals surface area contributed by atoms with Gasteiger partial charge in [0.2, 0.25) is 0 Å². The van der Waals surface area contributed by atoms with E-state index in [1.165, 1.54) is 29.3 Å². The van der Waals surface area contributed by atoms with Gasteiger partial charge in [0, 0.05) is 31.5 Å². The van der Waals surface area contributed by atoms with E-state index in [2.05, 4.69) is 25.4 Å². The molecule has 0 aliphatic carbocycles. The lowest BCUT2D eigenvalue weighted by atomic mass is 10.2. The average molecular weight is 358 g/mol. The number of rotatable bonds is 5. The number of aryl methyl sites for hydroxylation is 2. The lowest BCUT2D eigenvalue weighted by Gasteiger charge is -2.04. The molecule has 0 fully saturated rings. The second kappa shape index (κ2) is 6.77. The van der Waals surface area contributed by atoms with Gasteiger partial charge in [0.05, 0.1) is 11.9 Å². The van der Waals surface area contributed by atoms with Crippen molar-refractivity contribution in [1.29, 1.82) is 0 Å². The summed E-state index contributed by atoms with van der Waals surface area (Å²) in [5.41, 5.74) is 1.03. The molecule has 3 rings (SSSR count). The third-order valence-electron chi connectivity index (χ3n) is 3.42. The summed E-state index contributed by atoms with van der Waals surface area (Å²) in [5, 5.41) is 16.4. The van der Waals surface area contributed by atoms with Gasteiger partial charge in [-0.3, -0.25) is 9.48 Å². The number of carbonyl (C=O) groups is 2. The van der Waals surface area contributed by atoms with E-state index < -0.39 is 5.97 Å². The fraction of sp³-hybridized carbons (Fsp3) is 0.200. The predicted molar refractivity (Wildman–Crippen MR) is 89.2 cm³/mol. The van der Waals surface area contributed by atoms with Crippen molar-refractivity contribution in [2.24, 2.45) is 7.05 Å². The van der Waals surface area contributed by atoms with Crippen molar-refractivity contribution in [3.63, 3.8) is 0 Å². The van der Waals surface area contributed by atoms with Gasteiger partial charge in [-0.2, -0.15) is 5.10 Å². The lowest BCUT2D eigenvalue weighted by Crippen LogP contribution is -2.23. The highest BCUT2D eigenvalue weighted by molar-refractivity contribution is 7.17. The van der Waals surface area contributed by atoms with E-state index in [4.69, 9.17) is 0 Å². The van der Waals surface area contributed by atoms with Crippen LogP contribution in [0.3, 0.4) is 0 Å². The van der Waals surface area contributed by atoms with Gasteiger partial charge in [-0.25, -0.2) is 19.7 Å². The van der Waals surface area contributed by atoms with Crippen LogP contribution < -0.4 is 5.32 Å². The summed E-state index contributed by atoms with van der Waals surface area (Å²) in [6, 6.07) is 1.70. The maximum Gasteiger partial charge on any atom is 0.354 e. The quantitative estimate of drug-likeness (QED) is 0.704. The number of thiazole rings is 1. The fourth-order valence-corrected chi connectivity index (χ4v) is 3.19. The van der Waals surface area contributed by atoms with E-state index in [-0.39, 0.29) is 18.1 Å². The molecule has 0 radical (unpaired) electrons. The van der Waals surface area contributed by atoms with Crippen LogP contribution in [-0.2, 0) is 13.6 Å². The minimum Gasteiger partial charge on any atom is -0.477 e. The minimum absolute atomic E-state index is 0.0414. The first-order chi connectivity index (χ1) is 12.0. The standard InChI is InChI=1S/C15H14N6O3S/c1-8-11(25-14(20-8)12-16-4-3-5-17-12)13(22)18-6-9-7-19-21(2)10(9)15(23)24/h3-5,7H,6H2,1-2H3,(H,18,22)(H,23,24). The van der Waals surface area contributed by atoms with Gasteiger partial charge in [-0.05, 0) is 13.0 Å². The Hall–Kier alpha value is -3.14. The molecule has 128 valence electrons. The van der Waals surface area contributed by atoms with E-state index >= 15 is 0 Å². The number of aromatic nitrogens is 5. The monoisotopic (exact) mass is 358 g/mol. The maximum absolute atomic E-state index is 12.4. The SMILES string of the molecule is Cc1nc(-c2ncccn2)sc1C(=O)NCc1cnn(C)c1C(=O)O. The van der Waals surface area contributed by atoms with Crippen LogP contribution in [0.4, 0.5) is 0 Å². The normalized spacial score (nSPS) is 10.6. The highest BCUT2D eigenvalue weighted by Gasteiger charge is 2.20. The number of aromatic carboxylic acids is 1. The first-order valence-electron chi connectivity index (χ1n) is 7.24. The van der Waals surface area contributed by atoms with Crippen LogP contribution >= 0.6 is 11.3 Å². The molecule has 0 aliphatic rings. The number of hydrogen-bond acceptors (Lipinski definition) is 7. The Bertz CT molecular complexity index is 934. The van der Waals surface area contributed by atoms with Crippen LogP contribution in [0.5, 0.6) is 0 Å². The van der Waals surface area contributed by atoms with Crippen molar-refractivity contribution in [3.8, 4) is 10.8 Å². The molecular weight excluding hydrogens is 344 g/mol. The van der Waals surface area contributed by atoms with E-state index in [1.54, 1.807) is 25.4 Å². The number of nitrogens with zero attached hydrogens (tertiary/aromatic N) is 5. The Morgan fingerprint density at radius 3 is 2.72 bits per heavy atom. The van der Waals surface area contributed by atoms with Gasteiger partial charge in [-0.15, -0.1) is 11.3 Å². The molecular formula is C15H14N6O3S. The number of nitrogens with one attached hydrogen (secondary N) is 1. The minimum atomic E-state index is -1.10. The number of amides is 1. The van der Waals surface area contributed by atoms with Crippen LogP contribution in [0.2, 0.25) is 0 Å². The topological polar surface area (TPSA) is 123 Å². The number of carbonyl (C=O) groups excluding carboxylic acids is 1. The molecule has 0 spiro atoms. The van der Waals surface area contributed by atoms with Crippen molar-refractivity contribution in [3.05, 3.63) is 46.5 Å². The van der Waals surface area contributed by atoms with Crippen LogP contribution in [-0.4, -0.2) is 41.7 Å². The Morgan fingerprint density at radius 1 is 1.32 bits per heavy atom. The average Bonchev–Trinajstić information content (AvgIpc) is 3.16. The highest BCUT2D eigenvalue weighted by atomic mass is 32.1. The van der Waals surface area contributed by atoms with Crippen molar-refractivity contribution in [2.75, 3.05) is 0 Å². The van der Waals surface area contributed by atoms with Crippen LogP contribution in [0.15, 0.2) is 24.7 Å². The molecule has 0 bridgehead atoms. The van der Waals surface area contributed by atoms with Crippen molar-refractivity contribution in [2.45, 2.75) is 13.5 Å². The second-order valence-corrected chi connectivity index (χ2v) is 6.13. The van der Waals surface area contributed by atoms with Gasteiger partial charge in [0.1, 0.15) is 4.88 Å². The lowest BCUT2D eigenvalue weighted by molar-refractivity contribution is 0.0682. The molecule has 0 atom stereocenters. The van der Waals surface area contributed by atoms with E-state index in [1.807, 2.05) is 0 Å². The van der Waals surface area contributed by atoms with E-state index in [0.717, 1.165) is 0 Å². The molecule has 25 heavy (non-hydrogen) atoms. The Morgan fingerprint density at radius 2 is 2.04 bits per heavy atom. The zero-order valence-corrected chi connectivity index (χ0v) is 14.2. The Balaban J connectivity index is 1.77. The molecule has 0 saturated heterocycles. The van der Waals surface area contributed by atoms with Gasteiger partial charge in [0.15, 0.2) is 16.5 Å². The summed E-state index contributed by atoms with van der Waals surface area (Å²) >= 11 is 1.19. The van der Waals surface area contributed by atoms with Gasteiger partial charge in [-0.1, -0.05) is 0 Å². The first kappa shape index (κ1) is 16.7. The van der Waals surface area contributed by atoms with E-state index in [9.17, 15) is 14.7 Å². The molecule has 0 unspecified atom stereocenters. The molecule has 3 aromatic rings. The first-order valence-corrected chi connectivity index (χ1v) is 8.06. The smallest absolute Gasteiger partial charge is 0.354 e. The number of carboxylic acids is 1. The maximum atomic E-state index is 12.4. The zero-order valence-electron chi connectivity index (χ0n) is 13.4. The van der Waals surface area contributed by atoms with Crippen LogP contribution in [0.1, 0.15) is 31.4 Å². The van der Waals surface area contributed by atoms with Crippen LogP contribution in [0.25, 0.3) is 10.8 Å². The molecule has 9 nitrogen and oxygen atoms in total. The van der Waals surface area contributed by atoms with E-state index in [0.29, 0.717) is 27.0 Å². The van der Waals surface area contributed by atoms with Crippen molar-refractivity contribution in [1.82, 2.24) is 30.0 Å². The summed E-state index contributed by atoms with van der Waals surface area (Å²) in [4.78, 5) is 36.7. The molecule has 10 heteroatoms. The third-order valence-corrected chi connectivity index (χ3v) is 4.57. The van der Waals surface area contributed by atoms with Gasteiger partial charge in [0.25, 0.3) is 5.91 Å². The fourth-order valence-electron chi connectivity index (χ4n) is 2.26. The molecule has 0 saturated carbocycles. The van der Waals surface area contributed by atoms with Crippen molar-refractivity contribution >= 4 is 23.2 Å². The third kappa shape index (κ3) is 3.38. The second-order valence-electron chi connectivity index (χ2n) is 5.14. The molecule has 1 amide bonds. The van der Waals surface area contributed by atoms with Crippen LogP contribution in [0, 0.1) is 6.92 Å². The Kier molecular flexibility index (Phi) is 4.52. The molecule has 0 aromatic carbocycles. The van der Waals surface area contributed by atoms with Gasteiger partial charge < -0.3 is 10.4 Å². The summed E-state index contributed by atoms with van der Waals surface area (Å²) in [7, 11) is 1.54. The zero-order chi connectivity index (χ0) is 18.0. The summed E-state index contributed by atoms with van der Waals surface area (Å²) in [6.07, 6.45) is 4.63. The molecule has 3 heterocycles. The van der Waals surface area contributed by atoms with Gasteiger partial charge >= 0.3 is 5.97 Å². The molecule has 3 aromatic heterocycles. The number of hydrogen-bond donors (Lipinski definition) is 2.